The van der Waals surface area contributed by atoms with Crippen molar-refractivity contribution in [1.82, 2.24) is 9.94 Å². The summed E-state index contributed by atoms with van der Waals surface area (Å²) in [5, 5.41) is 23.4. The van der Waals surface area contributed by atoms with Gasteiger partial charge in [0.15, 0.2) is 0 Å². The Balaban J connectivity index is 2.20. The zero-order valence-corrected chi connectivity index (χ0v) is 11.1. The van der Waals surface area contributed by atoms with E-state index in [1.54, 1.807) is 12.1 Å². The molecule has 2 rings (SSSR count). The standard InChI is InChI=1S/C10H8IN3O4/c11-8-2-1-3-9(14(16)17)7(8)6-18-10-4-5-13(15)12-10/h1-5,15H,6H2. The maximum atomic E-state index is 10.9. The minimum atomic E-state index is -0.453. The largest absolute Gasteiger partial charge is 0.471 e. The van der Waals surface area contributed by atoms with Crippen molar-refractivity contribution in [3.8, 4) is 5.88 Å². The van der Waals surface area contributed by atoms with E-state index in [4.69, 9.17) is 9.94 Å². The van der Waals surface area contributed by atoms with Crippen molar-refractivity contribution in [3.05, 3.63) is 49.7 Å². The molecule has 0 amide bonds. The smallest absolute Gasteiger partial charge is 0.277 e. The molecule has 0 spiro atoms. The highest BCUT2D eigenvalue weighted by Gasteiger charge is 2.17. The maximum absolute atomic E-state index is 10.9. The average Bonchev–Trinajstić information content (AvgIpc) is 2.73. The first-order valence-electron chi connectivity index (χ1n) is 4.87. The number of ether oxygens (including phenoxy) is 1. The fourth-order valence-electron chi connectivity index (χ4n) is 1.38. The van der Waals surface area contributed by atoms with Crippen molar-refractivity contribution in [2.75, 3.05) is 0 Å². The van der Waals surface area contributed by atoms with Crippen LogP contribution < -0.4 is 4.74 Å². The molecule has 2 aromatic rings. The first-order chi connectivity index (χ1) is 8.58. The van der Waals surface area contributed by atoms with Gasteiger partial charge in [-0.3, -0.25) is 10.1 Å². The number of hydrogen-bond donors (Lipinski definition) is 1. The number of rotatable bonds is 4. The minimum absolute atomic E-state index is 0.00494. The zero-order valence-electron chi connectivity index (χ0n) is 8.99. The van der Waals surface area contributed by atoms with E-state index in [9.17, 15) is 10.1 Å². The van der Waals surface area contributed by atoms with Gasteiger partial charge in [0.1, 0.15) is 6.61 Å². The van der Waals surface area contributed by atoms with Gasteiger partial charge >= 0.3 is 0 Å². The summed E-state index contributed by atoms with van der Waals surface area (Å²) in [7, 11) is 0. The molecular formula is C10H8IN3O4. The van der Waals surface area contributed by atoms with Gasteiger partial charge in [-0.05, 0) is 28.7 Å². The van der Waals surface area contributed by atoms with E-state index in [2.05, 4.69) is 5.10 Å². The number of nitro groups is 1. The lowest BCUT2D eigenvalue weighted by atomic mass is 10.2. The molecule has 0 fully saturated rings. The van der Waals surface area contributed by atoms with Gasteiger partial charge in [-0.25, -0.2) is 0 Å². The van der Waals surface area contributed by atoms with Gasteiger partial charge in [0.2, 0.25) is 5.88 Å². The Hall–Kier alpha value is -1.84. The zero-order chi connectivity index (χ0) is 13.1. The molecule has 1 heterocycles. The fraction of sp³-hybridized carbons (Fsp3) is 0.100. The molecule has 0 unspecified atom stereocenters. The van der Waals surface area contributed by atoms with Gasteiger partial charge in [-0.1, -0.05) is 11.2 Å². The highest BCUT2D eigenvalue weighted by molar-refractivity contribution is 14.1. The topological polar surface area (TPSA) is 90.4 Å². The monoisotopic (exact) mass is 361 g/mol. The van der Waals surface area contributed by atoms with E-state index in [0.29, 0.717) is 10.4 Å². The van der Waals surface area contributed by atoms with Crippen molar-refractivity contribution in [1.29, 1.82) is 0 Å². The average molecular weight is 361 g/mol. The van der Waals surface area contributed by atoms with Gasteiger partial charge in [-0.15, -0.1) is 4.85 Å². The van der Waals surface area contributed by atoms with Gasteiger partial charge in [0, 0.05) is 15.7 Å². The molecule has 0 aliphatic heterocycles. The molecule has 7 nitrogen and oxygen atoms in total. The highest BCUT2D eigenvalue weighted by Crippen LogP contribution is 2.24. The summed E-state index contributed by atoms with van der Waals surface area (Å²) in [6.45, 7) is 0.0203. The van der Waals surface area contributed by atoms with Crippen molar-refractivity contribution in [2.45, 2.75) is 6.61 Å². The van der Waals surface area contributed by atoms with Gasteiger partial charge in [0.25, 0.3) is 5.69 Å². The number of nitro benzene ring substituents is 1. The SMILES string of the molecule is O=[N+]([O-])c1cccc(I)c1COc1ccn(O)n1. The molecule has 1 N–H and O–H groups in total. The Bertz CT molecular complexity index is 584. The van der Waals surface area contributed by atoms with Crippen LogP contribution in [0.25, 0.3) is 0 Å². The van der Waals surface area contributed by atoms with Gasteiger partial charge in [-0.2, -0.15) is 0 Å². The van der Waals surface area contributed by atoms with E-state index in [0.717, 1.165) is 3.57 Å². The van der Waals surface area contributed by atoms with Crippen LogP contribution in [0.15, 0.2) is 30.5 Å². The summed E-state index contributed by atoms with van der Waals surface area (Å²) in [4.78, 5) is 11.0. The first kappa shape index (κ1) is 12.6. The van der Waals surface area contributed by atoms with E-state index < -0.39 is 4.92 Å². The molecule has 0 saturated carbocycles. The summed E-state index contributed by atoms with van der Waals surface area (Å²) in [6, 6.07) is 6.26. The molecule has 0 saturated heterocycles. The summed E-state index contributed by atoms with van der Waals surface area (Å²) in [5.74, 6) is 0.200. The Labute approximate surface area is 115 Å². The molecule has 0 bridgehead atoms. The maximum Gasteiger partial charge on any atom is 0.277 e. The summed E-state index contributed by atoms with van der Waals surface area (Å²) in [5.41, 5.74) is 0.487. The van der Waals surface area contributed by atoms with Crippen molar-refractivity contribution < 1.29 is 14.9 Å². The molecule has 18 heavy (non-hydrogen) atoms. The molecular weight excluding hydrogens is 353 g/mol. The molecule has 1 aromatic carbocycles. The molecule has 0 atom stereocenters. The first-order valence-corrected chi connectivity index (χ1v) is 5.95. The minimum Gasteiger partial charge on any atom is -0.471 e. The lowest BCUT2D eigenvalue weighted by Gasteiger charge is -2.06. The van der Waals surface area contributed by atoms with Crippen LogP contribution in [0.3, 0.4) is 0 Å². The predicted octanol–water partition coefficient (Wildman–Crippen LogP) is 2.21. The third-order valence-electron chi connectivity index (χ3n) is 2.21. The second-order valence-electron chi connectivity index (χ2n) is 3.36. The number of benzene rings is 1. The number of hydrogen-bond acceptors (Lipinski definition) is 5. The summed E-state index contributed by atoms with van der Waals surface area (Å²) >= 11 is 2.01. The number of halogens is 1. The Kier molecular flexibility index (Phi) is 3.65. The van der Waals surface area contributed by atoms with Crippen molar-refractivity contribution in [3.63, 3.8) is 0 Å². The van der Waals surface area contributed by atoms with E-state index in [1.807, 2.05) is 22.6 Å². The van der Waals surface area contributed by atoms with Crippen LogP contribution in [0.1, 0.15) is 5.56 Å². The lowest BCUT2D eigenvalue weighted by Crippen LogP contribution is -2.03. The van der Waals surface area contributed by atoms with E-state index >= 15 is 0 Å². The van der Waals surface area contributed by atoms with Crippen LogP contribution in [0.4, 0.5) is 5.69 Å². The number of aromatic nitrogens is 2. The summed E-state index contributed by atoms with van der Waals surface area (Å²) in [6.07, 6.45) is 1.31. The van der Waals surface area contributed by atoms with Gasteiger partial charge in [0.05, 0.1) is 16.7 Å². The van der Waals surface area contributed by atoms with Crippen LogP contribution in [-0.2, 0) is 6.61 Å². The van der Waals surface area contributed by atoms with E-state index in [-0.39, 0.29) is 18.2 Å². The second kappa shape index (κ2) is 5.21. The molecule has 0 radical (unpaired) electrons. The normalized spacial score (nSPS) is 10.3. The third kappa shape index (κ3) is 2.70. The molecule has 0 aliphatic rings. The van der Waals surface area contributed by atoms with Gasteiger partial charge < -0.3 is 9.94 Å². The third-order valence-corrected chi connectivity index (χ3v) is 3.22. The summed E-state index contributed by atoms with van der Waals surface area (Å²) < 4.78 is 6.02. The van der Waals surface area contributed by atoms with E-state index in [1.165, 1.54) is 18.3 Å². The van der Waals surface area contributed by atoms with Crippen molar-refractivity contribution in [2.24, 2.45) is 0 Å². The van der Waals surface area contributed by atoms with Crippen LogP contribution in [0.5, 0.6) is 5.88 Å². The second-order valence-corrected chi connectivity index (χ2v) is 4.52. The predicted molar refractivity (Wildman–Crippen MR) is 69.6 cm³/mol. The van der Waals surface area contributed by atoms with Crippen molar-refractivity contribution >= 4 is 28.3 Å². The quantitative estimate of drug-likeness (QED) is 0.390. The number of nitrogens with zero attached hydrogens (tertiary/aromatic N) is 3. The van der Waals surface area contributed by atoms with Crippen LogP contribution in [0, 0.1) is 13.7 Å². The highest BCUT2D eigenvalue weighted by atomic mass is 127. The molecule has 94 valence electrons. The van der Waals surface area contributed by atoms with Crippen LogP contribution in [0.2, 0.25) is 0 Å². The molecule has 0 aliphatic carbocycles. The fourth-order valence-corrected chi connectivity index (χ4v) is 2.02. The molecule has 1 aromatic heterocycles. The molecule has 8 heteroatoms. The van der Waals surface area contributed by atoms with Crippen LogP contribution in [-0.4, -0.2) is 20.1 Å². The lowest BCUT2D eigenvalue weighted by molar-refractivity contribution is -0.385. The Morgan fingerprint density at radius 3 is 2.89 bits per heavy atom. The Morgan fingerprint density at radius 1 is 1.50 bits per heavy atom. The van der Waals surface area contributed by atoms with Crippen LogP contribution >= 0.6 is 22.6 Å². The Morgan fingerprint density at radius 2 is 2.28 bits per heavy atom.